The Bertz CT molecular complexity index is 161. The molecule has 1 saturated heterocycles. The molecular weight excluding hydrogens is 160 g/mol. The maximum atomic E-state index is 3.60. The molecule has 2 rings (SSSR count). The summed E-state index contributed by atoms with van der Waals surface area (Å²) in [6, 6.07) is 0. The van der Waals surface area contributed by atoms with Crippen molar-refractivity contribution < 1.29 is 0 Å². The van der Waals surface area contributed by atoms with Crippen molar-refractivity contribution in [1.29, 1.82) is 0 Å². The highest BCUT2D eigenvalue weighted by molar-refractivity contribution is 4.89. The minimum Gasteiger partial charge on any atom is -0.315 e. The van der Waals surface area contributed by atoms with E-state index < -0.39 is 0 Å². The highest BCUT2D eigenvalue weighted by atomic mass is 15.1. The molecule has 2 nitrogen and oxygen atoms in total. The summed E-state index contributed by atoms with van der Waals surface area (Å²) >= 11 is 0. The summed E-state index contributed by atoms with van der Waals surface area (Å²) in [5.41, 5.74) is 0.628. The third-order valence-corrected chi connectivity index (χ3v) is 3.69. The molecule has 2 fully saturated rings. The molecule has 0 aromatic heterocycles. The summed E-state index contributed by atoms with van der Waals surface area (Å²) in [7, 11) is 2.27. The summed E-state index contributed by atoms with van der Waals surface area (Å²) < 4.78 is 0. The lowest BCUT2D eigenvalue weighted by molar-refractivity contribution is 0.141. The van der Waals surface area contributed by atoms with Crippen molar-refractivity contribution in [2.45, 2.75) is 32.1 Å². The second-order valence-electron chi connectivity index (χ2n) is 4.98. The van der Waals surface area contributed by atoms with E-state index in [1.165, 1.54) is 58.3 Å². The Balaban J connectivity index is 2.00. The molecule has 0 amide bonds. The summed E-state index contributed by atoms with van der Waals surface area (Å²) in [5, 5.41) is 3.60. The van der Waals surface area contributed by atoms with Gasteiger partial charge in [0.2, 0.25) is 0 Å². The largest absolute Gasteiger partial charge is 0.315 e. The molecule has 0 aromatic rings. The zero-order valence-corrected chi connectivity index (χ0v) is 8.81. The van der Waals surface area contributed by atoms with Gasteiger partial charge in [0.1, 0.15) is 0 Å². The zero-order chi connectivity index (χ0) is 9.15. The number of rotatable bonds is 0. The van der Waals surface area contributed by atoms with Crippen LogP contribution in [0, 0.1) is 5.41 Å². The van der Waals surface area contributed by atoms with Crippen LogP contribution in [0.25, 0.3) is 0 Å². The molecule has 2 heteroatoms. The van der Waals surface area contributed by atoms with Gasteiger partial charge < -0.3 is 10.2 Å². The fourth-order valence-electron chi connectivity index (χ4n) is 2.97. The molecule has 1 heterocycles. The van der Waals surface area contributed by atoms with Gasteiger partial charge >= 0.3 is 0 Å². The van der Waals surface area contributed by atoms with E-state index in [-0.39, 0.29) is 0 Å². The fraction of sp³-hybridized carbons (Fsp3) is 1.00. The first-order valence-electron chi connectivity index (χ1n) is 5.70. The Morgan fingerprint density at radius 1 is 1.15 bits per heavy atom. The molecule has 0 aromatic carbocycles. The van der Waals surface area contributed by atoms with Gasteiger partial charge in [0.15, 0.2) is 0 Å². The lowest BCUT2D eigenvalue weighted by atomic mass is 9.74. The first-order chi connectivity index (χ1) is 6.31. The van der Waals surface area contributed by atoms with Gasteiger partial charge in [0, 0.05) is 26.2 Å². The number of hydrogen-bond donors (Lipinski definition) is 1. The monoisotopic (exact) mass is 182 g/mol. The van der Waals surface area contributed by atoms with Crippen molar-refractivity contribution in [3.8, 4) is 0 Å². The quantitative estimate of drug-likeness (QED) is 0.610. The summed E-state index contributed by atoms with van der Waals surface area (Å²) in [6.07, 6.45) is 7.27. The smallest absolute Gasteiger partial charge is 0.0104 e. The minimum absolute atomic E-state index is 0.628. The van der Waals surface area contributed by atoms with Crippen LogP contribution in [-0.4, -0.2) is 38.1 Å². The van der Waals surface area contributed by atoms with E-state index in [2.05, 4.69) is 17.3 Å². The van der Waals surface area contributed by atoms with E-state index >= 15 is 0 Å². The second-order valence-corrected chi connectivity index (χ2v) is 4.98. The van der Waals surface area contributed by atoms with E-state index in [1.54, 1.807) is 0 Å². The third-order valence-electron chi connectivity index (χ3n) is 3.69. The molecule has 0 bridgehead atoms. The number of hydrogen-bond acceptors (Lipinski definition) is 2. The van der Waals surface area contributed by atoms with Crippen LogP contribution >= 0.6 is 0 Å². The van der Waals surface area contributed by atoms with Crippen LogP contribution in [0.4, 0.5) is 0 Å². The number of nitrogens with zero attached hydrogens (tertiary/aromatic N) is 1. The molecule has 76 valence electrons. The minimum atomic E-state index is 0.628. The maximum absolute atomic E-state index is 3.60. The summed E-state index contributed by atoms with van der Waals surface area (Å²) in [4.78, 5) is 2.51. The van der Waals surface area contributed by atoms with Crippen LogP contribution in [0.3, 0.4) is 0 Å². The first-order valence-corrected chi connectivity index (χ1v) is 5.70. The van der Waals surface area contributed by atoms with Crippen molar-refractivity contribution in [2.75, 3.05) is 33.2 Å². The lowest BCUT2D eigenvalue weighted by Gasteiger charge is -2.38. The molecule has 0 atom stereocenters. The molecular formula is C11H22N2. The lowest BCUT2D eigenvalue weighted by Crippen LogP contribution is -2.40. The third kappa shape index (κ3) is 2.23. The molecule has 13 heavy (non-hydrogen) atoms. The van der Waals surface area contributed by atoms with Crippen LogP contribution in [0.2, 0.25) is 0 Å². The molecule has 1 N–H and O–H groups in total. The number of likely N-dealkylation sites (N-methyl/N-ethyl adjacent to an activating group) is 1. The van der Waals surface area contributed by atoms with Crippen molar-refractivity contribution in [3.05, 3.63) is 0 Å². The van der Waals surface area contributed by atoms with Gasteiger partial charge in [-0.05, 0) is 25.3 Å². The van der Waals surface area contributed by atoms with Crippen molar-refractivity contribution >= 4 is 0 Å². The van der Waals surface area contributed by atoms with Crippen LogP contribution in [0.1, 0.15) is 32.1 Å². The highest BCUT2D eigenvalue weighted by Crippen LogP contribution is 2.36. The Morgan fingerprint density at radius 2 is 1.92 bits per heavy atom. The van der Waals surface area contributed by atoms with Crippen LogP contribution in [0.15, 0.2) is 0 Å². The molecule has 1 aliphatic carbocycles. The average Bonchev–Trinajstić information content (AvgIpc) is 2.29. The van der Waals surface area contributed by atoms with Crippen LogP contribution < -0.4 is 5.32 Å². The molecule has 0 unspecified atom stereocenters. The molecule has 1 aliphatic heterocycles. The number of nitrogens with one attached hydrogen (secondary N) is 1. The van der Waals surface area contributed by atoms with Gasteiger partial charge in [-0.3, -0.25) is 0 Å². The van der Waals surface area contributed by atoms with Gasteiger partial charge in [0.05, 0.1) is 0 Å². The van der Waals surface area contributed by atoms with Gasteiger partial charge in [-0.15, -0.1) is 0 Å². The fourth-order valence-corrected chi connectivity index (χ4v) is 2.97. The van der Waals surface area contributed by atoms with Gasteiger partial charge in [-0.25, -0.2) is 0 Å². The Morgan fingerprint density at radius 3 is 2.69 bits per heavy atom. The van der Waals surface area contributed by atoms with Gasteiger partial charge in [-0.1, -0.05) is 19.3 Å². The van der Waals surface area contributed by atoms with E-state index in [9.17, 15) is 0 Å². The van der Waals surface area contributed by atoms with Gasteiger partial charge in [-0.2, -0.15) is 0 Å². The summed E-state index contributed by atoms with van der Waals surface area (Å²) in [5.74, 6) is 0. The van der Waals surface area contributed by atoms with Crippen LogP contribution in [-0.2, 0) is 0 Å². The Hall–Kier alpha value is -0.0800. The SMILES string of the molecule is CN1CCNCC2(CCCCC2)C1. The molecule has 0 radical (unpaired) electrons. The first kappa shape index (κ1) is 9.47. The van der Waals surface area contributed by atoms with Gasteiger partial charge in [0.25, 0.3) is 0 Å². The van der Waals surface area contributed by atoms with E-state index in [4.69, 9.17) is 0 Å². The van der Waals surface area contributed by atoms with E-state index in [0.717, 1.165) is 0 Å². The van der Waals surface area contributed by atoms with Crippen molar-refractivity contribution in [3.63, 3.8) is 0 Å². The standard InChI is InChI=1S/C11H22N2/c1-13-8-7-12-9-11(10-13)5-3-2-4-6-11/h12H,2-10H2,1H3. The van der Waals surface area contributed by atoms with E-state index in [0.29, 0.717) is 5.41 Å². The molecule has 1 saturated carbocycles. The van der Waals surface area contributed by atoms with Crippen LogP contribution in [0.5, 0.6) is 0 Å². The second kappa shape index (κ2) is 3.97. The normalized spacial score (nSPS) is 30.2. The van der Waals surface area contributed by atoms with E-state index in [1.807, 2.05) is 0 Å². The van der Waals surface area contributed by atoms with Crippen molar-refractivity contribution in [2.24, 2.45) is 5.41 Å². The Labute approximate surface area is 81.7 Å². The van der Waals surface area contributed by atoms with Crippen molar-refractivity contribution in [1.82, 2.24) is 10.2 Å². The zero-order valence-electron chi connectivity index (χ0n) is 8.81. The molecule has 1 spiro atoms. The average molecular weight is 182 g/mol. The highest BCUT2D eigenvalue weighted by Gasteiger charge is 2.33. The predicted octanol–water partition coefficient (Wildman–Crippen LogP) is 1.47. The molecule has 2 aliphatic rings. The Kier molecular flexibility index (Phi) is 2.89. The predicted molar refractivity (Wildman–Crippen MR) is 55.9 cm³/mol. The summed E-state index contributed by atoms with van der Waals surface area (Å²) in [6.45, 7) is 4.98. The maximum Gasteiger partial charge on any atom is 0.0104 e. The topological polar surface area (TPSA) is 15.3 Å².